The van der Waals surface area contributed by atoms with Crippen LogP contribution in [0.4, 0.5) is 5.82 Å². The molecule has 33 heavy (non-hydrogen) atoms. The maximum absolute atomic E-state index is 13.2. The number of Topliss-reactive ketones (excluding diaryl/α,β-unsaturated/α-hetero) is 1. The second-order valence-corrected chi connectivity index (χ2v) is 8.43. The van der Waals surface area contributed by atoms with Gasteiger partial charge in [0.2, 0.25) is 0 Å². The van der Waals surface area contributed by atoms with E-state index in [2.05, 4.69) is 18.8 Å². The number of benzene rings is 2. The van der Waals surface area contributed by atoms with Gasteiger partial charge < -0.3 is 9.84 Å². The van der Waals surface area contributed by atoms with Gasteiger partial charge >= 0.3 is 5.91 Å². The summed E-state index contributed by atoms with van der Waals surface area (Å²) in [7, 11) is 1.49. The number of carbonyl (C=O) groups is 2. The average molecular weight is 463 g/mol. The topological polar surface area (TPSA) is 79.7 Å². The van der Waals surface area contributed by atoms with Gasteiger partial charge in [-0.2, -0.15) is 0 Å². The van der Waals surface area contributed by atoms with E-state index < -0.39 is 17.7 Å². The summed E-state index contributed by atoms with van der Waals surface area (Å²) < 4.78 is 5.17. The first-order valence-electron chi connectivity index (χ1n) is 10.5. The van der Waals surface area contributed by atoms with Gasteiger partial charge in [0, 0.05) is 11.8 Å². The summed E-state index contributed by atoms with van der Waals surface area (Å²) in [5, 5.41) is 11.5. The fraction of sp³-hybridized carbons (Fsp3) is 0.192. The van der Waals surface area contributed by atoms with E-state index in [1.54, 1.807) is 36.5 Å². The highest BCUT2D eigenvalue weighted by Crippen LogP contribution is 2.42. The number of amides is 1. The van der Waals surface area contributed by atoms with Gasteiger partial charge in [-0.1, -0.05) is 55.8 Å². The van der Waals surface area contributed by atoms with Crippen molar-refractivity contribution in [3.05, 3.63) is 94.1 Å². The number of halogens is 1. The quantitative estimate of drug-likeness (QED) is 0.308. The van der Waals surface area contributed by atoms with Crippen molar-refractivity contribution in [1.29, 1.82) is 0 Å². The molecule has 0 saturated carbocycles. The van der Waals surface area contributed by atoms with Crippen molar-refractivity contribution < 1.29 is 19.4 Å². The second kappa shape index (κ2) is 9.08. The van der Waals surface area contributed by atoms with Crippen LogP contribution in [0, 0.1) is 0 Å². The molecule has 0 radical (unpaired) electrons. The Hall–Kier alpha value is -3.64. The molecule has 7 heteroatoms. The fourth-order valence-corrected chi connectivity index (χ4v) is 4.17. The molecule has 168 valence electrons. The first-order valence-corrected chi connectivity index (χ1v) is 10.9. The van der Waals surface area contributed by atoms with Gasteiger partial charge in [0.1, 0.15) is 17.3 Å². The summed E-state index contributed by atoms with van der Waals surface area (Å²) in [5.41, 5.74) is 2.09. The molecule has 1 atom stereocenters. The number of carbonyl (C=O) groups excluding carboxylic acids is 2. The molecular weight excluding hydrogens is 440 g/mol. The Bertz CT molecular complexity index is 1240. The molecular formula is C26H23ClN2O4. The minimum Gasteiger partial charge on any atom is -0.507 e. The molecule has 3 aromatic rings. The Labute approximate surface area is 197 Å². The molecule has 0 bridgehead atoms. The number of rotatable bonds is 5. The van der Waals surface area contributed by atoms with Crippen molar-refractivity contribution in [3.8, 4) is 5.75 Å². The third kappa shape index (κ3) is 4.10. The zero-order chi connectivity index (χ0) is 23.7. The number of aromatic nitrogens is 1. The van der Waals surface area contributed by atoms with Gasteiger partial charge in [-0.3, -0.25) is 14.5 Å². The Kier molecular flexibility index (Phi) is 6.20. The lowest BCUT2D eigenvalue weighted by Gasteiger charge is -2.24. The number of ether oxygens (including phenoxy) is 1. The Morgan fingerprint density at radius 2 is 1.82 bits per heavy atom. The van der Waals surface area contributed by atoms with E-state index in [1.807, 2.05) is 24.3 Å². The second-order valence-electron chi connectivity index (χ2n) is 8.03. The van der Waals surface area contributed by atoms with Gasteiger partial charge in [0.15, 0.2) is 0 Å². The summed E-state index contributed by atoms with van der Waals surface area (Å²) in [6.45, 7) is 4.17. The maximum atomic E-state index is 13.2. The molecule has 2 heterocycles. The lowest BCUT2D eigenvalue weighted by Crippen LogP contribution is -2.30. The number of hydrogen-bond donors (Lipinski definition) is 1. The molecule has 0 spiro atoms. The minimum atomic E-state index is -0.845. The number of aliphatic hydroxyl groups is 1. The minimum absolute atomic E-state index is 0.0239. The molecule has 0 aliphatic carbocycles. The standard InChI is InChI=1S/C26H23ClN2O4/c1-15(2)16-7-9-17(10-8-16)23-22(24(30)18-11-12-20(33-3)19(27)14-18)25(31)26(32)29(23)21-6-4-5-13-28-21/h4-15,23,30H,1-3H3/b24-22+/t23-/m0/s1. The highest BCUT2D eigenvalue weighted by Gasteiger charge is 2.47. The van der Waals surface area contributed by atoms with Crippen molar-refractivity contribution in [3.63, 3.8) is 0 Å². The van der Waals surface area contributed by atoms with Crippen LogP contribution in [0.3, 0.4) is 0 Å². The van der Waals surface area contributed by atoms with Crippen LogP contribution in [0.25, 0.3) is 5.76 Å². The third-order valence-electron chi connectivity index (χ3n) is 5.68. The van der Waals surface area contributed by atoms with Crippen molar-refractivity contribution >= 4 is 34.9 Å². The van der Waals surface area contributed by atoms with Crippen molar-refractivity contribution in [2.24, 2.45) is 0 Å². The van der Waals surface area contributed by atoms with Crippen molar-refractivity contribution in [2.75, 3.05) is 12.0 Å². The van der Waals surface area contributed by atoms with E-state index in [0.29, 0.717) is 28.6 Å². The summed E-state index contributed by atoms with van der Waals surface area (Å²) in [6.07, 6.45) is 1.55. The summed E-state index contributed by atoms with van der Waals surface area (Å²) in [6, 6.07) is 16.6. The van der Waals surface area contributed by atoms with E-state index >= 15 is 0 Å². The predicted octanol–water partition coefficient (Wildman–Crippen LogP) is 5.49. The lowest BCUT2D eigenvalue weighted by atomic mass is 9.93. The summed E-state index contributed by atoms with van der Waals surface area (Å²) in [5.74, 6) is -0.778. The van der Waals surface area contributed by atoms with Gasteiger partial charge in [0.25, 0.3) is 5.78 Å². The van der Waals surface area contributed by atoms with Crippen LogP contribution in [-0.2, 0) is 9.59 Å². The number of nitrogens with zero attached hydrogens (tertiary/aromatic N) is 2. The molecule has 6 nitrogen and oxygen atoms in total. The van der Waals surface area contributed by atoms with Crippen LogP contribution < -0.4 is 9.64 Å². The molecule has 1 aliphatic rings. The van der Waals surface area contributed by atoms with Crippen molar-refractivity contribution in [1.82, 2.24) is 4.98 Å². The molecule has 0 unspecified atom stereocenters. The molecule has 1 N–H and O–H groups in total. The number of methoxy groups -OCH3 is 1. The Morgan fingerprint density at radius 1 is 1.09 bits per heavy atom. The number of hydrogen-bond acceptors (Lipinski definition) is 5. The molecule has 1 aromatic heterocycles. The smallest absolute Gasteiger partial charge is 0.301 e. The lowest BCUT2D eigenvalue weighted by molar-refractivity contribution is -0.132. The van der Waals surface area contributed by atoms with Crippen LogP contribution in [0.2, 0.25) is 5.02 Å². The summed E-state index contributed by atoms with van der Waals surface area (Å²) in [4.78, 5) is 31.9. The van der Waals surface area contributed by atoms with Crippen LogP contribution >= 0.6 is 11.6 Å². The fourth-order valence-electron chi connectivity index (χ4n) is 3.91. The zero-order valence-electron chi connectivity index (χ0n) is 18.4. The SMILES string of the molecule is COc1ccc(/C(O)=C2\C(=O)C(=O)N(c3ccccn3)[C@H]2c2ccc(C(C)C)cc2)cc1Cl. The Balaban J connectivity index is 1.91. The van der Waals surface area contributed by atoms with E-state index in [1.165, 1.54) is 18.1 Å². The summed E-state index contributed by atoms with van der Waals surface area (Å²) >= 11 is 6.24. The van der Waals surface area contributed by atoms with E-state index in [9.17, 15) is 14.7 Å². The number of pyridine rings is 1. The van der Waals surface area contributed by atoms with E-state index in [0.717, 1.165) is 5.56 Å². The first-order chi connectivity index (χ1) is 15.8. The maximum Gasteiger partial charge on any atom is 0.301 e. The zero-order valence-corrected chi connectivity index (χ0v) is 19.2. The van der Waals surface area contributed by atoms with E-state index in [-0.39, 0.29) is 16.4 Å². The van der Waals surface area contributed by atoms with Gasteiger partial charge in [0.05, 0.1) is 23.7 Å². The van der Waals surface area contributed by atoms with Crippen LogP contribution in [0.1, 0.15) is 42.5 Å². The predicted molar refractivity (Wildman–Crippen MR) is 128 cm³/mol. The molecule has 1 aliphatic heterocycles. The van der Waals surface area contributed by atoms with Crippen LogP contribution in [0.5, 0.6) is 5.75 Å². The number of aliphatic hydroxyl groups excluding tert-OH is 1. The number of anilines is 1. The first kappa shape index (κ1) is 22.6. The molecule has 1 amide bonds. The van der Waals surface area contributed by atoms with Crippen LogP contribution in [0.15, 0.2) is 72.4 Å². The largest absolute Gasteiger partial charge is 0.507 e. The third-order valence-corrected chi connectivity index (χ3v) is 5.98. The number of ketones is 1. The van der Waals surface area contributed by atoms with Gasteiger partial charge in [-0.05, 0) is 47.4 Å². The van der Waals surface area contributed by atoms with Crippen molar-refractivity contribution in [2.45, 2.75) is 25.8 Å². The highest BCUT2D eigenvalue weighted by molar-refractivity contribution is 6.51. The monoisotopic (exact) mass is 462 g/mol. The Morgan fingerprint density at radius 3 is 2.39 bits per heavy atom. The van der Waals surface area contributed by atoms with E-state index in [4.69, 9.17) is 16.3 Å². The molecule has 4 rings (SSSR count). The highest BCUT2D eigenvalue weighted by atomic mass is 35.5. The van der Waals surface area contributed by atoms with Gasteiger partial charge in [-0.15, -0.1) is 0 Å². The average Bonchev–Trinajstić information content (AvgIpc) is 3.09. The van der Waals surface area contributed by atoms with Gasteiger partial charge in [-0.25, -0.2) is 4.98 Å². The van der Waals surface area contributed by atoms with Crippen LogP contribution in [-0.4, -0.2) is 28.9 Å². The molecule has 1 saturated heterocycles. The molecule has 2 aromatic carbocycles. The molecule has 1 fully saturated rings. The normalized spacial score (nSPS) is 17.6.